The molecule has 102 valence electrons. The summed E-state index contributed by atoms with van der Waals surface area (Å²) in [5.74, 6) is 1.93. The zero-order valence-corrected chi connectivity index (χ0v) is 11.6. The van der Waals surface area contributed by atoms with Crippen molar-refractivity contribution in [3.63, 3.8) is 0 Å². The Balaban J connectivity index is 2.69. The SMILES string of the molecule is COc1ccc(C(O)CNCC(C)C)c(OC)c1. The maximum atomic E-state index is 10.1. The number of aliphatic hydroxyl groups is 1. The Kier molecular flexibility index (Phi) is 5.95. The topological polar surface area (TPSA) is 50.7 Å². The molecule has 1 aromatic carbocycles. The Labute approximate surface area is 109 Å². The molecule has 0 saturated carbocycles. The number of aliphatic hydroxyl groups excluding tert-OH is 1. The summed E-state index contributed by atoms with van der Waals surface area (Å²) in [5, 5.41) is 13.4. The predicted molar refractivity (Wildman–Crippen MR) is 72.2 cm³/mol. The van der Waals surface area contributed by atoms with Crippen LogP contribution in [0.1, 0.15) is 25.5 Å². The molecule has 0 aliphatic carbocycles. The average Bonchev–Trinajstić information content (AvgIpc) is 2.37. The zero-order valence-electron chi connectivity index (χ0n) is 11.6. The van der Waals surface area contributed by atoms with Crippen molar-refractivity contribution in [3.8, 4) is 11.5 Å². The number of ether oxygens (including phenoxy) is 2. The first-order valence-electron chi connectivity index (χ1n) is 6.19. The lowest BCUT2D eigenvalue weighted by atomic mass is 10.1. The van der Waals surface area contributed by atoms with E-state index in [0.717, 1.165) is 17.9 Å². The van der Waals surface area contributed by atoms with Crippen molar-refractivity contribution in [2.45, 2.75) is 20.0 Å². The van der Waals surface area contributed by atoms with Gasteiger partial charge in [0.15, 0.2) is 0 Å². The molecular weight excluding hydrogens is 230 g/mol. The minimum Gasteiger partial charge on any atom is -0.497 e. The second-order valence-corrected chi connectivity index (χ2v) is 4.68. The number of hydrogen-bond donors (Lipinski definition) is 2. The van der Waals surface area contributed by atoms with Crippen LogP contribution in [0.25, 0.3) is 0 Å². The van der Waals surface area contributed by atoms with Crippen LogP contribution in [0.3, 0.4) is 0 Å². The second-order valence-electron chi connectivity index (χ2n) is 4.68. The van der Waals surface area contributed by atoms with Gasteiger partial charge in [0.1, 0.15) is 11.5 Å². The first-order valence-corrected chi connectivity index (χ1v) is 6.19. The molecule has 1 aromatic rings. The smallest absolute Gasteiger partial charge is 0.128 e. The van der Waals surface area contributed by atoms with Crippen LogP contribution in [0.4, 0.5) is 0 Å². The first-order chi connectivity index (χ1) is 8.58. The van der Waals surface area contributed by atoms with Crippen LogP contribution < -0.4 is 14.8 Å². The standard InChI is InChI=1S/C14H23NO3/c1-10(2)8-15-9-13(16)12-6-5-11(17-3)7-14(12)18-4/h5-7,10,13,15-16H,8-9H2,1-4H3. The monoisotopic (exact) mass is 253 g/mol. The lowest BCUT2D eigenvalue weighted by molar-refractivity contribution is 0.169. The maximum absolute atomic E-state index is 10.1. The molecule has 0 spiro atoms. The first kappa shape index (κ1) is 14.8. The minimum absolute atomic E-state index is 0.515. The van der Waals surface area contributed by atoms with Crippen molar-refractivity contribution in [2.24, 2.45) is 5.92 Å². The minimum atomic E-state index is -0.579. The van der Waals surface area contributed by atoms with E-state index in [4.69, 9.17) is 9.47 Å². The molecule has 1 unspecified atom stereocenters. The summed E-state index contributed by atoms with van der Waals surface area (Å²) in [6, 6.07) is 5.43. The highest BCUT2D eigenvalue weighted by Gasteiger charge is 2.13. The number of hydrogen-bond acceptors (Lipinski definition) is 4. The summed E-state index contributed by atoms with van der Waals surface area (Å²) in [6.45, 7) is 5.66. The van der Waals surface area contributed by atoms with E-state index in [-0.39, 0.29) is 0 Å². The molecule has 4 nitrogen and oxygen atoms in total. The van der Waals surface area contributed by atoms with Gasteiger partial charge >= 0.3 is 0 Å². The molecule has 0 amide bonds. The largest absolute Gasteiger partial charge is 0.497 e. The molecule has 0 fully saturated rings. The van der Waals surface area contributed by atoms with Crippen LogP contribution in [-0.4, -0.2) is 32.4 Å². The van der Waals surface area contributed by atoms with Crippen LogP contribution in [-0.2, 0) is 0 Å². The van der Waals surface area contributed by atoms with Gasteiger partial charge in [-0.25, -0.2) is 0 Å². The van der Waals surface area contributed by atoms with E-state index < -0.39 is 6.10 Å². The molecule has 0 radical (unpaired) electrons. The molecule has 1 atom stereocenters. The van der Waals surface area contributed by atoms with Crippen molar-refractivity contribution in [2.75, 3.05) is 27.3 Å². The van der Waals surface area contributed by atoms with Gasteiger partial charge in [0.25, 0.3) is 0 Å². The van der Waals surface area contributed by atoms with Crippen LogP contribution in [0.15, 0.2) is 18.2 Å². The Morgan fingerprint density at radius 2 is 1.89 bits per heavy atom. The third kappa shape index (κ3) is 4.20. The quantitative estimate of drug-likeness (QED) is 0.780. The van der Waals surface area contributed by atoms with Gasteiger partial charge < -0.3 is 19.9 Å². The summed E-state index contributed by atoms with van der Waals surface area (Å²) in [7, 11) is 3.20. The Morgan fingerprint density at radius 3 is 2.44 bits per heavy atom. The molecule has 2 N–H and O–H groups in total. The average molecular weight is 253 g/mol. The lowest BCUT2D eigenvalue weighted by Crippen LogP contribution is -2.25. The summed E-state index contributed by atoms with van der Waals surface area (Å²) in [4.78, 5) is 0. The molecule has 0 aliphatic heterocycles. The zero-order chi connectivity index (χ0) is 13.5. The maximum Gasteiger partial charge on any atom is 0.128 e. The fourth-order valence-electron chi connectivity index (χ4n) is 1.71. The molecule has 0 aliphatic rings. The Morgan fingerprint density at radius 1 is 1.17 bits per heavy atom. The van der Waals surface area contributed by atoms with E-state index in [1.165, 1.54) is 0 Å². The molecule has 0 saturated heterocycles. The Bertz CT molecular complexity index is 366. The van der Waals surface area contributed by atoms with Crippen molar-refractivity contribution in [1.82, 2.24) is 5.32 Å². The third-order valence-corrected chi connectivity index (χ3v) is 2.69. The van der Waals surface area contributed by atoms with Gasteiger partial charge in [0, 0.05) is 18.2 Å². The van der Waals surface area contributed by atoms with E-state index in [0.29, 0.717) is 18.2 Å². The highest BCUT2D eigenvalue weighted by molar-refractivity contribution is 5.42. The molecule has 0 aromatic heterocycles. The van der Waals surface area contributed by atoms with Gasteiger partial charge in [-0.1, -0.05) is 13.8 Å². The second kappa shape index (κ2) is 7.24. The summed E-state index contributed by atoms with van der Waals surface area (Å²) in [5.41, 5.74) is 0.773. The number of methoxy groups -OCH3 is 2. The molecule has 18 heavy (non-hydrogen) atoms. The lowest BCUT2D eigenvalue weighted by Gasteiger charge is -2.17. The van der Waals surface area contributed by atoms with Gasteiger partial charge in [-0.15, -0.1) is 0 Å². The van der Waals surface area contributed by atoms with E-state index in [9.17, 15) is 5.11 Å². The van der Waals surface area contributed by atoms with Crippen molar-refractivity contribution >= 4 is 0 Å². The van der Waals surface area contributed by atoms with Gasteiger partial charge in [-0.2, -0.15) is 0 Å². The van der Waals surface area contributed by atoms with Gasteiger partial charge in [0.05, 0.1) is 20.3 Å². The third-order valence-electron chi connectivity index (χ3n) is 2.69. The van der Waals surface area contributed by atoms with E-state index >= 15 is 0 Å². The summed E-state index contributed by atoms with van der Waals surface area (Å²) < 4.78 is 10.4. The van der Waals surface area contributed by atoms with Gasteiger partial charge in [-0.05, 0) is 24.6 Å². The summed E-state index contributed by atoms with van der Waals surface area (Å²) in [6.07, 6.45) is -0.579. The van der Waals surface area contributed by atoms with Crippen LogP contribution >= 0.6 is 0 Å². The molecular formula is C14H23NO3. The van der Waals surface area contributed by atoms with E-state index in [2.05, 4.69) is 19.2 Å². The fraction of sp³-hybridized carbons (Fsp3) is 0.571. The highest BCUT2D eigenvalue weighted by Crippen LogP contribution is 2.29. The number of nitrogens with one attached hydrogen (secondary N) is 1. The number of benzene rings is 1. The van der Waals surface area contributed by atoms with Crippen LogP contribution in [0, 0.1) is 5.92 Å². The Hall–Kier alpha value is -1.26. The molecule has 0 bridgehead atoms. The molecule has 1 rings (SSSR count). The molecule has 4 heteroatoms. The van der Waals surface area contributed by atoms with Crippen molar-refractivity contribution < 1.29 is 14.6 Å². The molecule has 0 heterocycles. The summed E-state index contributed by atoms with van der Waals surface area (Å²) >= 11 is 0. The normalized spacial score (nSPS) is 12.6. The fourth-order valence-corrected chi connectivity index (χ4v) is 1.71. The van der Waals surface area contributed by atoms with Crippen molar-refractivity contribution in [3.05, 3.63) is 23.8 Å². The van der Waals surface area contributed by atoms with Crippen molar-refractivity contribution in [1.29, 1.82) is 0 Å². The van der Waals surface area contributed by atoms with E-state index in [1.807, 2.05) is 12.1 Å². The van der Waals surface area contributed by atoms with Crippen LogP contribution in [0.2, 0.25) is 0 Å². The number of rotatable bonds is 7. The predicted octanol–water partition coefficient (Wildman–Crippen LogP) is 1.98. The van der Waals surface area contributed by atoms with E-state index in [1.54, 1.807) is 20.3 Å². The van der Waals surface area contributed by atoms with Crippen LogP contribution in [0.5, 0.6) is 11.5 Å². The van der Waals surface area contributed by atoms with Gasteiger partial charge in [-0.3, -0.25) is 0 Å². The van der Waals surface area contributed by atoms with Gasteiger partial charge in [0.2, 0.25) is 0 Å². The highest BCUT2D eigenvalue weighted by atomic mass is 16.5.